The number of para-hydroxylation sites is 1. The van der Waals surface area contributed by atoms with Gasteiger partial charge >= 0.3 is 0 Å². The molecular formula is C19H16Cl2N2O3. The topological polar surface area (TPSA) is 76.6 Å². The van der Waals surface area contributed by atoms with Gasteiger partial charge in [-0.25, -0.2) is 0 Å². The third-order valence-corrected chi connectivity index (χ3v) is 5.61. The lowest BCUT2D eigenvalue weighted by Gasteiger charge is -2.27. The lowest BCUT2D eigenvalue weighted by Crippen LogP contribution is -2.37. The Kier molecular flexibility index (Phi) is 4.31. The van der Waals surface area contributed by atoms with Gasteiger partial charge in [0.25, 0.3) is 0 Å². The molecule has 2 aromatic carbocycles. The van der Waals surface area contributed by atoms with Crippen molar-refractivity contribution in [3.8, 4) is 16.9 Å². The first-order valence-electron chi connectivity index (χ1n) is 8.19. The van der Waals surface area contributed by atoms with E-state index < -0.39 is 6.61 Å². The largest absolute Gasteiger partial charge is 0.507 e. The average molecular weight is 391 g/mol. The van der Waals surface area contributed by atoms with E-state index in [0.29, 0.717) is 40.6 Å². The van der Waals surface area contributed by atoms with Crippen LogP contribution in [0.5, 0.6) is 5.75 Å². The van der Waals surface area contributed by atoms with Crippen molar-refractivity contribution in [3.63, 3.8) is 0 Å². The third kappa shape index (κ3) is 2.63. The molecule has 0 atom stereocenters. The molecule has 2 heterocycles. The quantitative estimate of drug-likeness (QED) is 0.623. The van der Waals surface area contributed by atoms with Gasteiger partial charge in [0.15, 0.2) is 0 Å². The number of amides is 1. The lowest BCUT2D eigenvalue weighted by molar-refractivity contribution is -0.135. The van der Waals surface area contributed by atoms with Crippen LogP contribution in [0.15, 0.2) is 30.3 Å². The molecule has 0 unspecified atom stereocenters. The van der Waals surface area contributed by atoms with Gasteiger partial charge in [0, 0.05) is 41.7 Å². The molecule has 0 saturated heterocycles. The Balaban J connectivity index is 1.99. The Labute approximate surface area is 159 Å². The first kappa shape index (κ1) is 17.2. The van der Waals surface area contributed by atoms with Crippen LogP contribution >= 0.6 is 23.2 Å². The van der Waals surface area contributed by atoms with E-state index in [1.165, 1.54) is 0 Å². The molecule has 1 aliphatic rings. The molecule has 26 heavy (non-hydrogen) atoms. The van der Waals surface area contributed by atoms with E-state index in [4.69, 9.17) is 23.2 Å². The summed E-state index contributed by atoms with van der Waals surface area (Å²) < 4.78 is 0. The zero-order valence-electron chi connectivity index (χ0n) is 13.7. The van der Waals surface area contributed by atoms with Crippen molar-refractivity contribution in [1.82, 2.24) is 9.88 Å². The maximum atomic E-state index is 11.9. The Bertz CT molecular complexity index is 1030. The van der Waals surface area contributed by atoms with Crippen LogP contribution in [-0.2, 0) is 17.8 Å². The number of aromatic amines is 1. The van der Waals surface area contributed by atoms with Crippen molar-refractivity contribution in [2.24, 2.45) is 0 Å². The maximum Gasteiger partial charge on any atom is 0.248 e. The molecule has 0 bridgehead atoms. The highest BCUT2D eigenvalue weighted by Gasteiger charge is 2.27. The molecule has 0 aliphatic carbocycles. The van der Waals surface area contributed by atoms with Gasteiger partial charge < -0.3 is 20.1 Å². The van der Waals surface area contributed by atoms with Gasteiger partial charge in [-0.05, 0) is 17.7 Å². The summed E-state index contributed by atoms with van der Waals surface area (Å²) in [6, 6.07) is 8.76. The summed E-state index contributed by atoms with van der Waals surface area (Å²) in [5, 5.41) is 21.1. The van der Waals surface area contributed by atoms with Gasteiger partial charge in [0.2, 0.25) is 5.91 Å². The zero-order valence-corrected chi connectivity index (χ0v) is 15.2. The van der Waals surface area contributed by atoms with Crippen molar-refractivity contribution in [2.45, 2.75) is 13.0 Å². The van der Waals surface area contributed by atoms with E-state index in [1.807, 2.05) is 12.1 Å². The van der Waals surface area contributed by atoms with Gasteiger partial charge in [-0.1, -0.05) is 41.4 Å². The molecule has 0 spiro atoms. The highest BCUT2D eigenvalue weighted by atomic mass is 35.5. The number of benzene rings is 2. The number of phenolic OH excluding ortho intramolecular Hbond substituents is 1. The summed E-state index contributed by atoms with van der Waals surface area (Å²) in [5.41, 5.74) is 4.01. The number of nitrogens with zero attached hydrogens (tertiary/aromatic N) is 1. The van der Waals surface area contributed by atoms with Gasteiger partial charge in [0.1, 0.15) is 12.4 Å². The van der Waals surface area contributed by atoms with Gasteiger partial charge in [-0.15, -0.1) is 0 Å². The number of fused-ring (bicyclic) bond motifs is 3. The molecule has 0 radical (unpaired) electrons. The van der Waals surface area contributed by atoms with Gasteiger partial charge in [-0.2, -0.15) is 0 Å². The van der Waals surface area contributed by atoms with E-state index in [-0.39, 0.29) is 11.7 Å². The number of carbonyl (C=O) groups excluding carboxylic acids is 1. The van der Waals surface area contributed by atoms with Crippen molar-refractivity contribution in [1.29, 1.82) is 0 Å². The van der Waals surface area contributed by atoms with E-state index >= 15 is 0 Å². The third-order valence-electron chi connectivity index (χ3n) is 4.82. The zero-order chi connectivity index (χ0) is 18.4. The summed E-state index contributed by atoms with van der Waals surface area (Å²) in [6.45, 7) is 0.375. The lowest BCUT2D eigenvalue weighted by atomic mass is 9.95. The standard InChI is InChI=1S/C19H16Cl2N2O3/c20-13-7-11(10-3-1-2-4-15(10)25)17-12-8-23(16(26)9-24)6-5-14(12)22-19(17)18(13)21/h1-4,7,22,24-25H,5-6,8-9H2. The second-order valence-corrected chi connectivity index (χ2v) is 7.08. The van der Waals surface area contributed by atoms with Crippen LogP contribution in [0, 0.1) is 0 Å². The smallest absolute Gasteiger partial charge is 0.248 e. The molecule has 0 saturated carbocycles. The normalized spacial score (nSPS) is 13.9. The number of aromatic hydroxyl groups is 1. The fourth-order valence-corrected chi connectivity index (χ4v) is 3.97. The predicted molar refractivity (Wildman–Crippen MR) is 102 cm³/mol. The van der Waals surface area contributed by atoms with E-state index in [0.717, 1.165) is 22.2 Å². The molecule has 134 valence electrons. The fourth-order valence-electron chi connectivity index (χ4n) is 3.57. The average Bonchev–Trinajstić information content (AvgIpc) is 3.03. The number of aliphatic hydroxyl groups excluding tert-OH is 1. The maximum absolute atomic E-state index is 11.9. The van der Waals surface area contributed by atoms with Crippen LogP contribution in [0.3, 0.4) is 0 Å². The molecule has 3 N–H and O–H groups in total. The van der Waals surface area contributed by atoms with Crippen LogP contribution < -0.4 is 0 Å². The molecule has 1 aliphatic heterocycles. The number of aliphatic hydroxyl groups is 1. The van der Waals surface area contributed by atoms with E-state index in [1.54, 1.807) is 23.1 Å². The molecule has 5 nitrogen and oxygen atoms in total. The minimum Gasteiger partial charge on any atom is -0.507 e. The highest BCUT2D eigenvalue weighted by Crippen LogP contribution is 2.44. The second-order valence-electron chi connectivity index (χ2n) is 6.29. The Morgan fingerprint density at radius 1 is 1.23 bits per heavy atom. The first-order chi connectivity index (χ1) is 12.5. The molecular weight excluding hydrogens is 375 g/mol. The van der Waals surface area contributed by atoms with Crippen LogP contribution in [0.4, 0.5) is 0 Å². The molecule has 1 aromatic heterocycles. The molecule has 7 heteroatoms. The minimum atomic E-state index is -0.517. The van der Waals surface area contributed by atoms with Crippen molar-refractivity contribution in [2.75, 3.05) is 13.2 Å². The number of H-pyrrole nitrogens is 1. The Morgan fingerprint density at radius 3 is 2.73 bits per heavy atom. The Morgan fingerprint density at radius 2 is 2.00 bits per heavy atom. The van der Waals surface area contributed by atoms with Crippen LogP contribution in [0.1, 0.15) is 11.3 Å². The number of hydrogen-bond acceptors (Lipinski definition) is 3. The number of carbonyl (C=O) groups is 1. The number of nitrogens with one attached hydrogen (secondary N) is 1. The van der Waals surface area contributed by atoms with Crippen molar-refractivity contribution in [3.05, 3.63) is 51.6 Å². The summed E-state index contributed by atoms with van der Waals surface area (Å²) in [7, 11) is 0. The van der Waals surface area contributed by atoms with Crippen molar-refractivity contribution >= 4 is 40.0 Å². The van der Waals surface area contributed by atoms with E-state index in [2.05, 4.69) is 4.98 Å². The summed E-state index contributed by atoms with van der Waals surface area (Å²) in [6.07, 6.45) is 0.629. The summed E-state index contributed by atoms with van der Waals surface area (Å²) >= 11 is 12.8. The monoisotopic (exact) mass is 390 g/mol. The number of hydrogen-bond donors (Lipinski definition) is 3. The number of rotatable bonds is 2. The predicted octanol–water partition coefficient (Wildman–Crippen LogP) is 3.72. The molecule has 1 amide bonds. The SMILES string of the molecule is O=C(CO)N1CCc2[nH]c3c(Cl)c(Cl)cc(-c4ccccc4O)c3c2C1. The van der Waals surface area contributed by atoms with Crippen molar-refractivity contribution < 1.29 is 15.0 Å². The van der Waals surface area contributed by atoms with E-state index in [9.17, 15) is 15.0 Å². The molecule has 0 fully saturated rings. The fraction of sp³-hybridized carbons (Fsp3) is 0.211. The number of aromatic nitrogens is 1. The van der Waals surface area contributed by atoms with Crippen LogP contribution in [-0.4, -0.2) is 39.2 Å². The Hall–Kier alpha value is -2.21. The minimum absolute atomic E-state index is 0.140. The first-order valence-corrected chi connectivity index (χ1v) is 8.95. The van der Waals surface area contributed by atoms with Crippen LogP contribution in [0.25, 0.3) is 22.0 Å². The second kappa shape index (κ2) is 6.50. The summed E-state index contributed by atoms with van der Waals surface area (Å²) in [4.78, 5) is 16.9. The van der Waals surface area contributed by atoms with Gasteiger partial charge in [-0.3, -0.25) is 4.79 Å². The summed E-state index contributed by atoms with van der Waals surface area (Å²) in [5.74, 6) is -0.171. The number of halogens is 2. The molecule has 4 rings (SSSR count). The number of phenols is 1. The molecule has 3 aromatic rings. The van der Waals surface area contributed by atoms with Crippen LogP contribution in [0.2, 0.25) is 10.0 Å². The van der Waals surface area contributed by atoms with Gasteiger partial charge in [0.05, 0.1) is 15.6 Å². The highest BCUT2D eigenvalue weighted by molar-refractivity contribution is 6.45.